The molecule has 0 amide bonds. The molecular formula is C9H13ClN2S. The molecule has 0 aliphatic heterocycles. The van der Waals surface area contributed by atoms with Gasteiger partial charge < -0.3 is 0 Å². The Morgan fingerprint density at radius 2 is 2.38 bits per heavy atom. The van der Waals surface area contributed by atoms with Crippen LogP contribution in [-0.4, -0.2) is 9.36 Å². The van der Waals surface area contributed by atoms with Crippen molar-refractivity contribution < 1.29 is 0 Å². The fourth-order valence-electron chi connectivity index (χ4n) is 2.06. The molecule has 72 valence electrons. The molecule has 1 aromatic rings. The van der Waals surface area contributed by atoms with Crippen LogP contribution in [0, 0.1) is 5.92 Å². The van der Waals surface area contributed by atoms with Crippen molar-refractivity contribution in [3.8, 4) is 0 Å². The minimum Gasteiger partial charge on any atom is -0.208 e. The summed E-state index contributed by atoms with van der Waals surface area (Å²) in [6.07, 6.45) is 5.11. The molecule has 1 aromatic heterocycles. The van der Waals surface area contributed by atoms with E-state index in [-0.39, 0.29) is 0 Å². The van der Waals surface area contributed by atoms with Gasteiger partial charge in [0.1, 0.15) is 5.82 Å². The van der Waals surface area contributed by atoms with Gasteiger partial charge in [0, 0.05) is 5.92 Å². The van der Waals surface area contributed by atoms with Crippen molar-refractivity contribution in [2.24, 2.45) is 5.92 Å². The van der Waals surface area contributed by atoms with Gasteiger partial charge in [0.05, 0.1) is 0 Å². The van der Waals surface area contributed by atoms with E-state index in [1.54, 1.807) is 0 Å². The Morgan fingerprint density at radius 3 is 2.92 bits per heavy atom. The van der Waals surface area contributed by atoms with Crippen molar-refractivity contribution in [3.05, 3.63) is 10.3 Å². The highest BCUT2D eigenvalue weighted by Crippen LogP contribution is 2.38. The number of hydrogen-bond donors (Lipinski definition) is 0. The molecule has 2 atom stereocenters. The fraction of sp³-hybridized carbons (Fsp3) is 0.778. The molecule has 2 rings (SSSR count). The lowest BCUT2D eigenvalue weighted by Crippen LogP contribution is -1.96. The molecule has 1 aliphatic carbocycles. The lowest BCUT2D eigenvalue weighted by molar-refractivity contribution is 0.518. The number of aromatic nitrogens is 2. The summed E-state index contributed by atoms with van der Waals surface area (Å²) in [6.45, 7) is 2.26. The number of nitrogens with zero attached hydrogens (tertiary/aromatic N) is 2. The van der Waals surface area contributed by atoms with Crippen LogP contribution in [0.2, 0.25) is 4.47 Å². The van der Waals surface area contributed by atoms with Crippen LogP contribution in [0.4, 0.5) is 0 Å². The number of halogens is 1. The van der Waals surface area contributed by atoms with Crippen LogP contribution >= 0.6 is 23.1 Å². The van der Waals surface area contributed by atoms with Gasteiger partial charge in [0.2, 0.25) is 4.47 Å². The molecule has 1 aliphatic rings. The Hall–Kier alpha value is -0.150. The first-order valence-corrected chi connectivity index (χ1v) is 5.93. The van der Waals surface area contributed by atoms with Gasteiger partial charge in [-0.25, -0.2) is 4.98 Å². The standard InChI is InChI=1S/C9H13ClN2S/c1-2-6-3-4-7(5-6)8-11-9(10)13-12-8/h6-7H,2-5H2,1H3. The van der Waals surface area contributed by atoms with Gasteiger partial charge in [-0.2, -0.15) is 4.37 Å². The zero-order valence-corrected chi connectivity index (χ0v) is 9.24. The molecule has 1 saturated carbocycles. The summed E-state index contributed by atoms with van der Waals surface area (Å²) in [7, 11) is 0. The van der Waals surface area contributed by atoms with Crippen LogP contribution < -0.4 is 0 Å². The van der Waals surface area contributed by atoms with E-state index in [0.717, 1.165) is 11.7 Å². The largest absolute Gasteiger partial charge is 0.208 e. The highest BCUT2D eigenvalue weighted by Gasteiger charge is 2.27. The quantitative estimate of drug-likeness (QED) is 0.757. The third-order valence-corrected chi connectivity index (χ3v) is 3.71. The Kier molecular flexibility index (Phi) is 2.84. The summed E-state index contributed by atoms with van der Waals surface area (Å²) in [6, 6.07) is 0. The summed E-state index contributed by atoms with van der Waals surface area (Å²) < 4.78 is 4.84. The molecule has 0 radical (unpaired) electrons. The second kappa shape index (κ2) is 3.93. The van der Waals surface area contributed by atoms with E-state index in [9.17, 15) is 0 Å². The maximum Gasteiger partial charge on any atom is 0.203 e. The van der Waals surface area contributed by atoms with Crippen molar-refractivity contribution >= 4 is 23.1 Å². The van der Waals surface area contributed by atoms with Crippen LogP contribution in [0.3, 0.4) is 0 Å². The van der Waals surface area contributed by atoms with Crippen molar-refractivity contribution in [1.29, 1.82) is 0 Å². The zero-order chi connectivity index (χ0) is 9.26. The minimum atomic E-state index is 0.577. The summed E-state index contributed by atoms with van der Waals surface area (Å²) >= 11 is 7.06. The molecular weight excluding hydrogens is 204 g/mol. The van der Waals surface area contributed by atoms with E-state index in [0.29, 0.717) is 10.4 Å². The third-order valence-electron chi connectivity index (χ3n) is 2.90. The van der Waals surface area contributed by atoms with Crippen molar-refractivity contribution in [2.75, 3.05) is 0 Å². The van der Waals surface area contributed by atoms with Crippen molar-refractivity contribution in [1.82, 2.24) is 9.36 Å². The second-order valence-electron chi connectivity index (χ2n) is 3.69. The summed E-state index contributed by atoms with van der Waals surface area (Å²) in [4.78, 5) is 4.23. The topological polar surface area (TPSA) is 25.8 Å². The van der Waals surface area contributed by atoms with E-state index in [2.05, 4.69) is 16.3 Å². The summed E-state index contributed by atoms with van der Waals surface area (Å²) in [5.74, 6) is 2.44. The maximum absolute atomic E-state index is 5.75. The maximum atomic E-state index is 5.75. The first-order chi connectivity index (χ1) is 6.29. The molecule has 2 unspecified atom stereocenters. The van der Waals surface area contributed by atoms with E-state index in [4.69, 9.17) is 11.6 Å². The van der Waals surface area contributed by atoms with Crippen molar-refractivity contribution in [3.63, 3.8) is 0 Å². The van der Waals surface area contributed by atoms with Crippen molar-refractivity contribution in [2.45, 2.75) is 38.5 Å². The van der Waals surface area contributed by atoms with Gasteiger partial charge in [0.25, 0.3) is 0 Å². The summed E-state index contributed by atoms with van der Waals surface area (Å²) in [5.41, 5.74) is 0. The molecule has 1 fully saturated rings. The Labute approximate surface area is 87.5 Å². The van der Waals surface area contributed by atoms with E-state index >= 15 is 0 Å². The van der Waals surface area contributed by atoms with Crippen LogP contribution in [-0.2, 0) is 0 Å². The van der Waals surface area contributed by atoms with Crippen LogP contribution in [0.5, 0.6) is 0 Å². The smallest absolute Gasteiger partial charge is 0.203 e. The van der Waals surface area contributed by atoms with Gasteiger partial charge >= 0.3 is 0 Å². The SMILES string of the molecule is CCC1CCC(c2nsc(Cl)n2)C1. The molecule has 13 heavy (non-hydrogen) atoms. The lowest BCUT2D eigenvalue weighted by atomic mass is 10.0. The van der Waals surface area contributed by atoms with Crippen LogP contribution in [0.25, 0.3) is 0 Å². The second-order valence-corrected chi connectivity index (χ2v) is 5.02. The minimum absolute atomic E-state index is 0.577. The van der Waals surface area contributed by atoms with Gasteiger partial charge in [0.15, 0.2) is 0 Å². The molecule has 0 saturated heterocycles. The zero-order valence-electron chi connectivity index (χ0n) is 7.66. The number of rotatable bonds is 2. The van der Waals surface area contributed by atoms with E-state index in [1.807, 2.05) is 0 Å². The number of hydrogen-bond acceptors (Lipinski definition) is 3. The molecule has 0 aromatic carbocycles. The molecule has 2 nitrogen and oxygen atoms in total. The molecule has 0 N–H and O–H groups in total. The predicted octanol–water partition coefficient (Wildman–Crippen LogP) is 3.49. The van der Waals surface area contributed by atoms with Crippen LogP contribution in [0.15, 0.2) is 0 Å². The van der Waals surface area contributed by atoms with Gasteiger partial charge in [-0.15, -0.1) is 0 Å². The average molecular weight is 217 g/mol. The molecule has 4 heteroatoms. The van der Waals surface area contributed by atoms with Crippen LogP contribution in [0.1, 0.15) is 44.3 Å². The fourth-order valence-corrected chi connectivity index (χ4v) is 2.74. The Morgan fingerprint density at radius 1 is 1.54 bits per heavy atom. The van der Waals surface area contributed by atoms with Gasteiger partial charge in [-0.3, -0.25) is 0 Å². The van der Waals surface area contributed by atoms with Gasteiger partial charge in [-0.05, 0) is 48.3 Å². The average Bonchev–Trinajstić information content (AvgIpc) is 2.71. The van der Waals surface area contributed by atoms with E-state index < -0.39 is 0 Å². The molecule has 0 bridgehead atoms. The first-order valence-electron chi connectivity index (χ1n) is 4.78. The summed E-state index contributed by atoms with van der Waals surface area (Å²) in [5, 5.41) is 0. The highest BCUT2D eigenvalue weighted by molar-refractivity contribution is 7.10. The third kappa shape index (κ3) is 2.02. The van der Waals surface area contributed by atoms with Gasteiger partial charge in [-0.1, -0.05) is 13.3 Å². The monoisotopic (exact) mass is 216 g/mol. The highest BCUT2D eigenvalue weighted by atomic mass is 35.5. The molecule has 0 spiro atoms. The lowest BCUT2D eigenvalue weighted by Gasteiger charge is -2.04. The Bertz CT molecular complexity index is 287. The predicted molar refractivity (Wildman–Crippen MR) is 55.3 cm³/mol. The van der Waals surface area contributed by atoms with E-state index in [1.165, 1.54) is 37.2 Å². The Balaban J connectivity index is 2.03. The molecule has 1 heterocycles. The first kappa shape index (κ1) is 9.41. The normalized spacial score (nSPS) is 28.2.